The number of rotatable bonds is 7. The number of benzene rings is 2. The highest BCUT2D eigenvalue weighted by Crippen LogP contribution is 2.35. The van der Waals surface area contributed by atoms with Crippen molar-refractivity contribution >= 4 is 33.7 Å². The molecule has 0 aliphatic carbocycles. The minimum atomic E-state index is 0.0259. The minimum absolute atomic E-state index is 0.0259. The normalized spacial score (nSPS) is 14.1. The van der Waals surface area contributed by atoms with Crippen LogP contribution in [0, 0.1) is 0 Å². The van der Waals surface area contributed by atoms with Gasteiger partial charge in [-0.1, -0.05) is 18.2 Å². The van der Waals surface area contributed by atoms with Crippen molar-refractivity contribution in [1.82, 2.24) is 20.3 Å². The number of ether oxygens (including phenoxy) is 2. The Kier molecular flexibility index (Phi) is 5.89. The molecule has 1 aliphatic rings. The third-order valence-corrected chi connectivity index (χ3v) is 5.95. The molecule has 0 bridgehead atoms. The van der Waals surface area contributed by atoms with Crippen LogP contribution < -0.4 is 25.0 Å². The second-order valence-corrected chi connectivity index (χ2v) is 7.94. The maximum absolute atomic E-state index is 9.35. The largest absolute Gasteiger partial charge is 0.493 e. The van der Waals surface area contributed by atoms with Crippen LogP contribution in [0.2, 0.25) is 0 Å². The predicted octanol–water partition coefficient (Wildman–Crippen LogP) is 2.61. The lowest BCUT2D eigenvalue weighted by molar-refractivity contribution is 0.311. The quantitative estimate of drug-likeness (QED) is 0.342. The maximum atomic E-state index is 9.35. The smallest absolute Gasteiger partial charge is 0.228 e. The Morgan fingerprint density at radius 3 is 2.52 bits per heavy atom. The Morgan fingerprint density at radius 1 is 1.00 bits per heavy atom. The zero-order chi connectivity index (χ0) is 22.8. The highest BCUT2D eigenvalue weighted by atomic mass is 16.5. The molecule has 0 amide bonds. The van der Waals surface area contributed by atoms with E-state index in [1.165, 1.54) is 0 Å². The molecule has 0 saturated carbocycles. The van der Waals surface area contributed by atoms with Gasteiger partial charge in [-0.15, -0.1) is 0 Å². The first-order valence-electron chi connectivity index (χ1n) is 11.1. The first-order valence-corrected chi connectivity index (χ1v) is 11.1. The molecule has 0 spiro atoms. The second kappa shape index (κ2) is 9.13. The Morgan fingerprint density at radius 2 is 1.76 bits per heavy atom. The Balaban J connectivity index is 1.61. The first-order chi connectivity index (χ1) is 16.2. The van der Waals surface area contributed by atoms with E-state index in [0.29, 0.717) is 29.8 Å². The highest BCUT2D eigenvalue weighted by Gasteiger charge is 2.19. The Hall–Kier alpha value is -3.56. The second-order valence-electron chi connectivity index (χ2n) is 7.94. The van der Waals surface area contributed by atoms with Gasteiger partial charge in [0.1, 0.15) is 11.0 Å². The van der Waals surface area contributed by atoms with Gasteiger partial charge in [0, 0.05) is 43.6 Å². The van der Waals surface area contributed by atoms with E-state index in [4.69, 9.17) is 19.4 Å². The van der Waals surface area contributed by atoms with Crippen molar-refractivity contribution in [3.63, 3.8) is 0 Å². The van der Waals surface area contributed by atoms with Crippen LogP contribution in [-0.2, 0) is 0 Å². The average molecular weight is 449 g/mol. The van der Waals surface area contributed by atoms with Crippen molar-refractivity contribution in [2.45, 2.75) is 0 Å². The molecule has 1 aliphatic heterocycles. The summed E-state index contributed by atoms with van der Waals surface area (Å²) in [4.78, 5) is 15.4. The number of fused-ring (bicyclic) bond motifs is 3. The molecule has 4 N–H and O–H groups in total. The van der Waals surface area contributed by atoms with Crippen molar-refractivity contribution in [2.24, 2.45) is 0 Å². The van der Waals surface area contributed by atoms with Gasteiger partial charge in [0.15, 0.2) is 17.3 Å². The number of aliphatic hydroxyl groups is 1. The standard InChI is InChI=1S/C24H28N6O3/c1-32-19-6-4-16(14-20(19)33-2)15-3-5-17-18(13-15)27-22-21(17)28-24(29-23(22)26-9-12-31)30-10-7-25-8-11-30/h3-6,13-14,25,27,31H,7-12H2,1-2H3,(H,26,28,29). The molecule has 33 heavy (non-hydrogen) atoms. The van der Waals surface area contributed by atoms with Crippen LogP contribution in [0.5, 0.6) is 11.5 Å². The van der Waals surface area contributed by atoms with E-state index in [9.17, 15) is 5.11 Å². The van der Waals surface area contributed by atoms with Crippen molar-refractivity contribution in [1.29, 1.82) is 0 Å². The van der Waals surface area contributed by atoms with E-state index in [2.05, 4.69) is 38.7 Å². The SMILES string of the molecule is COc1ccc(-c2ccc3c(c2)[nH]c2c(NCCO)nc(N4CCNCC4)nc23)cc1OC. The van der Waals surface area contributed by atoms with Crippen molar-refractivity contribution < 1.29 is 14.6 Å². The average Bonchev–Trinajstić information content (AvgIpc) is 3.25. The number of aliphatic hydroxyl groups excluding tert-OH is 1. The lowest BCUT2D eigenvalue weighted by atomic mass is 10.0. The molecular formula is C24H28N6O3. The molecule has 2 aromatic carbocycles. The third kappa shape index (κ3) is 4.01. The van der Waals surface area contributed by atoms with Gasteiger partial charge in [-0.3, -0.25) is 0 Å². The van der Waals surface area contributed by atoms with Gasteiger partial charge in [0.25, 0.3) is 0 Å². The van der Waals surface area contributed by atoms with Gasteiger partial charge in [0.2, 0.25) is 5.95 Å². The van der Waals surface area contributed by atoms with Crippen LogP contribution in [-0.4, -0.2) is 73.6 Å². The number of anilines is 2. The van der Waals surface area contributed by atoms with Gasteiger partial charge in [0.05, 0.1) is 20.8 Å². The summed E-state index contributed by atoms with van der Waals surface area (Å²) in [5.74, 6) is 2.79. The molecule has 5 rings (SSSR count). The number of H-pyrrole nitrogens is 1. The molecule has 4 aromatic rings. The molecule has 1 fully saturated rings. The van der Waals surface area contributed by atoms with Gasteiger partial charge in [-0.25, -0.2) is 4.98 Å². The summed E-state index contributed by atoms with van der Waals surface area (Å²) >= 11 is 0. The summed E-state index contributed by atoms with van der Waals surface area (Å²) < 4.78 is 10.8. The van der Waals surface area contributed by atoms with E-state index in [1.54, 1.807) is 14.2 Å². The van der Waals surface area contributed by atoms with E-state index in [1.807, 2.05) is 18.2 Å². The van der Waals surface area contributed by atoms with Crippen LogP contribution >= 0.6 is 0 Å². The van der Waals surface area contributed by atoms with E-state index in [0.717, 1.165) is 59.2 Å². The molecule has 1 saturated heterocycles. The number of nitrogens with one attached hydrogen (secondary N) is 3. The van der Waals surface area contributed by atoms with Gasteiger partial charge < -0.3 is 35.1 Å². The molecule has 9 heteroatoms. The Bertz CT molecular complexity index is 1280. The fraction of sp³-hybridized carbons (Fsp3) is 0.333. The first kappa shape index (κ1) is 21.3. The molecule has 9 nitrogen and oxygen atoms in total. The predicted molar refractivity (Wildman–Crippen MR) is 131 cm³/mol. The lowest BCUT2D eigenvalue weighted by Crippen LogP contribution is -2.44. The number of aromatic nitrogens is 3. The third-order valence-electron chi connectivity index (χ3n) is 5.95. The van der Waals surface area contributed by atoms with Gasteiger partial charge in [-0.2, -0.15) is 4.98 Å². The van der Waals surface area contributed by atoms with Crippen molar-refractivity contribution in [3.05, 3.63) is 36.4 Å². The number of piperazine rings is 1. The summed E-state index contributed by atoms with van der Waals surface area (Å²) in [5, 5.41) is 17.0. The molecular weight excluding hydrogens is 420 g/mol. The lowest BCUT2D eigenvalue weighted by Gasteiger charge is -2.27. The van der Waals surface area contributed by atoms with E-state index >= 15 is 0 Å². The van der Waals surface area contributed by atoms with Crippen LogP contribution in [0.25, 0.3) is 33.1 Å². The summed E-state index contributed by atoms with van der Waals surface area (Å²) in [6.45, 7) is 3.97. The van der Waals surface area contributed by atoms with Crippen LogP contribution in [0.1, 0.15) is 0 Å². The van der Waals surface area contributed by atoms with Gasteiger partial charge >= 0.3 is 0 Å². The molecule has 0 radical (unpaired) electrons. The minimum Gasteiger partial charge on any atom is -0.493 e. The van der Waals surface area contributed by atoms with Crippen LogP contribution in [0.4, 0.5) is 11.8 Å². The van der Waals surface area contributed by atoms with E-state index in [-0.39, 0.29) is 6.61 Å². The number of nitrogens with zero attached hydrogens (tertiary/aromatic N) is 3. The number of methoxy groups -OCH3 is 2. The van der Waals surface area contributed by atoms with Gasteiger partial charge in [-0.05, 0) is 29.3 Å². The molecule has 3 heterocycles. The number of aromatic amines is 1. The zero-order valence-corrected chi connectivity index (χ0v) is 18.8. The summed E-state index contributed by atoms with van der Waals surface area (Å²) in [6.07, 6.45) is 0. The van der Waals surface area contributed by atoms with Crippen LogP contribution in [0.3, 0.4) is 0 Å². The fourth-order valence-corrected chi connectivity index (χ4v) is 4.25. The van der Waals surface area contributed by atoms with Crippen molar-refractivity contribution in [2.75, 3.05) is 63.8 Å². The Labute approximate surface area is 191 Å². The monoisotopic (exact) mass is 448 g/mol. The molecule has 0 unspecified atom stereocenters. The summed E-state index contributed by atoms with van der Waals surface area (Å²) in [5.41, 5.74) is 4.75. The maximum Gasteiger partial charge on any atom is 0.228 e. The molecule has 2 aromatic heterocycles. The topological polar surface area (TPSA) is 108 Å². The molecule has 172 valence electrons. The zero-order valence-electron chi connectivity index (χ0n) is 18.8. The summed E-state index contributed by atoms with van der Waals surface area (Å²) in [6, 6.07) is 12.2. The summed E-state index contributed by atoms with van der Waals surface area (Å²) in [7, 11) is 3.27. The number of hydrogen-bond donors (Lipinski definition) is 4. The fourth-order valence-electron chi connectivity index (χ4n) is 4.25. The highest BCUT2D eigenvalue weighted by molar-refractivity contribution is 6.09. The molecule has 0 atom stereocenters. The van der Waals surface area contributed by atoms with Crippen LogP contribution in [0.15, 0.2) is 36.4 Å². The number of hydrogen-bond acceptors (Lipinski definition) is 8. The van der Waals surface area contributed by atoms with Crippen molar-refractivity contribution in [3.8, 4) is 22.6 Å². The van der Waals surface area contributed by atoms with E-state index < -0.39 is 0 Å².